The van der Waals surface area contributed by atoms with Crippen molar-refractivity contribution >= 4 is 18.1 Å². The number of nitrogens with zero attached hydrogens (tertiary/aromatic N) is 1. The van der Waals surface area contributed by atoms with Crippen LogP contribution in [0, 0.1) is 0 Å². The Bertz CT molecular complexity index is 726. The van der Waals surface area contributed by atoms with E-state index in [2.05, 4.69) is 10.5 Å². The van der Waals surface area contributed by atoms with Crippen LogP contribution in [0.1, 0.15) is 15.9 Å². The second-order valence-electron chi connectivity index (χ2n) is 4.50. The van der Waals surface area contributed by atoms with Gasteiger partial charge in [-0.3, -0.25) is 4.79 Å². The zero-order chi connectivity index (χ0) is 16.7. The molecule has 0 aliphatic rings. The molecule has 0 atom stereocenters. The number of carbonyl (C=O) groups is 2. The number of hydrazone groups is 1. The van der Waals surface area contributed by atoms with Crippen molar-refractivity contribution in [2.75, 3.05) is 6.61 Å². The van der Waals surface area contributed by atoms with E-state index in [9.17, 15) is 14.7 Å². The van der Waals surface area contributed by atoms with Gasteiger partial charge in [0, 0.05) is 5.56 Å². The molecule has 3 N–H and O–H groups in total. The van der Waals surface area contributed by atoms with Crippen molar-refractivity contribution in [1.29, 1.82) is 0 Å². The summed E-state index contributed by atoms with van der Waals surface area (Å²) >= 11 is 0. The number of aliphatic carboxylic acids is 1. The van der Waals surface area contributed by atoms with Gasteiger partial charge in [0.05, 0.1) is 6.21 Å². The standard InChI is InChI=1S/C16H14N2O5/c19-13-3-1-2-12(8-13)16(22)18-17-9-11-4-6-14(7-5-11)23-10-15(20)21/h1-9,19H,10H2,(H,18,22)(H,20,21)/b17-9+. The van der Waals surface area contributed by atoms with Crippen molar-refractivity contribution in [3.63, 3.8) is 0 Å². The summed E-state index contributed by atoms with van der Waals surface area (Å²) in [6.07, 6.45) is 1.43. The fourth-order valence-corrected chi connectivity index (χ4v) is 1.67. The van der Waals surface area contributed by atoms with Crippen LogP contribution in [0.2, 0.25) is 0 Å². The first-order chi connectivity index (χ1) is 11.0. The summed E-state index contributed by atoms with van der Waals surface area (Å²) in [6, 6.07) is 12.4. The predicted molar refractivity (Wildman–Crippen MR) is 82.7 cm³/mol. The van der Waals surface area contributed by atoms with Gasteiger partial charge in [0.15, 0.2) is 6.61 Å². The highest BCUT2D eigenvalue weighted by atomic mass is 16.5. The van der Waals surface area contributed by atoms with E-state index in [0.29, 0.717) is 16.9 Å². The number of carbonyl (C=O) groups excluding carboxylic acids is 1. The molecule has 0 fully saturated rings. The van der Waals surface area contributed by atoms with Gasteiger partial charge < -0.3 is 14.9 Å². The van der Waals surface area contributed by atoms with E-state index < -0.39 is 18.5 Å². The molecule has 0 saturated carbocycles. The zero-order valence-corrected chi connectivity index (χ0v) is 12.0. The van der Waals surface area contributed by atoms with Crippen molar-refractivity contribution in [3.05, 3.63) is 59.7 Å². The Morgan fingerprint density at radius 1 is 1.17 bits per heavy atom. The molecule has 2 rings (SSSR count). The monoisotopic (exact) mass is 314 g/mol. The molecule has 2 aromatic carbocycles. The van der Waals surface area contributed by atoms with Crippen molar-refractivity contribution in [3.8, 4) is 11.5 Å². The fraction of sp³-hybridized carbons (Fsp3) is 0.0625. The van der Waals surface area contributed by atoms with E-state index in [4.69, 9.17) is 9.84 Å². The Kier molecular flexibility index (Phi) is 5.30. The highest BCUT2D eigenvalue weighted by molar-refractivity contribution is 5.95. The molecule has 0 aliphatic heterocycles. The van der Waals surface area contributed by atoms with Gasteiger partial charge in [0.1, 0.15) is 11.5 Å². The second-order valence-corrected chi connectivity index (χ2v) is 4.50. The summed E-state index contributed by atoms with van der Waals surface area (Å²) < 4.78 is 5.00. The first kappa shape index (κ1) is 16.0. The third-order valence-electron chi connectivity index (χ3n) is 2.73. The number of nitrogens with one attached hydrogen (secondary N) is 1. The van der Waals surface area contributed by atoms with Gasteiger partial charge in [-0.2, -0.15) is 5.10 Å². The van der Waals surface area contributed by atoms with Gasteiger partial charge in [-0.1, -0.05) is 6.07 Å². The van der Waals surface area contributed by atoms with Crippen molar-refractivity contribution in [2.45, 2.75) is 0 Å². The first-order valence-corrected chi connectivity index (χ1v) is 6.62. The van der Waals surface area contributed by atoms with Crippen molar-refractivity contribution in [1.82, 2.24) is 5.43 Å². The number of hydrogen-bond donors (Lipinski definition) is 3. The Hall–Kier alpha value is -3.35. The highest BCUT2D eigenvalue weighted by Crippen LogP contribution is 2.11. The van der Waals surface area contributed by atoms with E-state index in [1.54, 1.807) is 36.4 Å². The molecule has 0 aromatic heterocycles. The second kappa shape index (κ2) is 7.60. The summed E-state index contributed by atoms with van der Waals surface area (Å²) in [4.78, 5) is 22.2. The highest BCUT2D eigenvalue weighted by Gasteiger charge is 2.04. The number of aromatic hydroxyl groups is 1. The van der Waals surface area contributed by atoms with Gasteiger partial charge in [-0.05, 0) is 48.0 Å². The van der Waals surface area contributed by atoms with Gasteiger partial charge in [-0.25, -0.2) is 10.2 Å². The van der Waals surface area contributed by atoms with Crippen LogP contribution in [0.4, 0.5) is 0 Å². The van der Waals surface area contributed by atoms with Crippen LogP contribution >= 0.6 is 0 Å². The van der Waals surface area contributed by atoms with Crippen LogP contribution in [0.25, 0.3) is 0 Å². The normalized spacial score (nSPS) is 10.4. The smallest absolute Gasteiger partial charge is 0.341 e. The number of benzene rings is 2. The lowest BCUT2D eigenvalue weighted by Gasteiger charge is -2.03. The molecule has 0 aliphatic carbocycles. The maximum Gasteiger partial charge on any atom is 0.341 e. The van der Waals surface area contributed by atoms with Gasteiger partial charge in [0.25, 0.3) is 5.91 Å². The summed E-state index contributed by atoms with van der Waals surface area (Å²) in [5, 5.41) is 21.6. The molecule has 118 valence electrons. The largest absolute Gasteiger partial charge is 0.508 e. The molecule has 0 radical (unpaired) electrons. The quantitative estimate of drug-likeness (QED) is 0.554. The Labute approximate surface area is 131 Å². The van der Waals surface area contributed by atoms with Crippen LogP contribution in [0.5, 0.6) is 11.5 Å². The maximum absolute atomic E-state index is 11.8. The van der Waals surface area contributed by atoms with Gasteiger partial charge >= 0.3 is 5.97 Å². The van der Waals surface area contributed by atoms with Crippen LogP contribution in [0.3, 0.4) is 0 Å². The molecule has 7 nitrogen and oxygen atoms in total. The van der Waals surface area contributed by atoms with E-state index in [0.717, 1.165) is 0 Å². The van der Waals surface area contributed by atoms with E-state index >= 15 is 0 Å². The molecular formula is C16H14N2O5. The van der Waals surface area contributed by atoms with Gasteiger partial charge in [0.2, 0.25) is 0 Å². The zero-order valence-electron chi connectivity index (χ0n) is 12.0. The molecular weight excluding hydrogens is 300 g/mol. The minimum absolute atomic E-state index is 0.00132. The topological polar surface area (TPSA) is 108 Å². The molecule has 7 heteroatoms. The third kappa shape index (κ3) is 5.16. The summed E-state index contributed by atoms with van der Waals surface area (Å²) in [5.41, 5.74) is 3.33. The third-order valence-corrected chi connectivity index (χ3v) is 2.73. The van der Waals surface area contributed by atoms with E-state index in [1.807, 2.05) is 0 Å². The van der Waals surface area contributed by atoms with Crippen LogP contribution in [0.15, 0.2) is 53.6 Å². The summed E-state index contributed by atoms with van der Waals surface area (Å²) in [6.45, 7) is -0.409. The maximum atomic E-state index is 11.8. The molecule has 0 bridgehead atoms. The number of hydrogen-bond acceptors (Lipinski definition) is 5. The number of amides is 1. The lowest BCUT2D eigenvalue weighted by Crippen LogP contribution is -2.17. The van der Waals surface area contributed by atoms with Crippen LogP contribution < -0.4 is 10.2 Å². The summed E-state index contributed by atoms with van der Waals surface area (Å²) in [7, 11) is 0. The van der Waals surface area contributed by atoms with Crippen molar-refractivity contribution < 1.29 is 24.5 Å². The molecule has 0 unspecified atom stereocenters. The SMILES string of the molecule is O=C(O)COc1ccc(/C=N/NC(=O)c2cccc(O)c2)cc1. The molecule has 0 saturated heterocycles. The first-order valence-electron chi connectivity index (χ1n) is 6.62. The predicted octanol–water partition coefficient (Wildman–Crippen LogP) is 1.62. The number of ether oxygens (including phenoxy) is 1. The molecule has 1 amide bonds. The van der Waals surface area contributed by atoms with Crippen LogP contribution in [-0.4, -0.2) is 34.9 Å². The Morgan fingerprint density at radius 2 is 1.91 bits per heavy atom. The number of rotatable bonds is 6. The number of carboxylic acids is 1. The fourth-order valence-electron chi connectivity index (χ4n) is 1.67. The van der Waals surface area contributed by atoms with Crippen LogP contribution in [-0.2, 0) is 4.79 Å². The molecule has 23 heavy (non-hydrogen) atoms. The van der Waals surface area contributed by atoms with Gasteiger partial charge in [-0.15, -0.1) is 0 Å². The molecule has 0 heterocycles. The Balaban J connectivity index is 1.90. The average Bonchev–Trinajstić information content (AvgIpc) is 2.54. The lowest BCUT2D eigenvalue weighted by molar-refractivity contribution is -0.139. The minimum atomic E-state index is -1.05. The number of carboxylic acid groups (broad SMARTS) is 1. The van der Waals surface area contributed by atoms with E-state index in [-0.39, 0.29) is 5.75 Å². The number of phenolic OH excluding ortho intramolecular Hbond substituents is 1. The van der Waals surface area contributed by atoms with E-state index in [1.165, 1.54) is 18.3 Å². The minimum Gasteiger partial charge on any atom is -0.508 e. The molecule has 0 spiro atoms. The molecule has 2 aromatic rings. The lowest BCUT2D eigenvalue weighted by atomic mass is 10.2. The van der Waals surface area contributed by atoms with Crippen molar-refractivity contribution in [2.24, 2.45) is 5.10 Å². The summed E-state index contributed by atoms with van der Waals surface area (Å²) in [5.74, 6) is -1.07. The Morgan fingerprint density at radius 3 is 2.57 bits per heavy atom. The number of phenols is 1. The average molecular weight is 314 g/mol.